The van der Waals surface area contributed by atoms with E-state index in [4.69, 9.17) is 0 Å². The van der Waals surface area contributed by atoms with E-state index in [0.717, 1.165) is 36.2 Å². The van der Waals surface area contributed by atoms with Gasteiger partial charge in [-0.05, 0) is 32.2 Å². The van der Waals surface area contributed by atoms with E-state index < -0.39 is 0 Å². The molecule has 0 bridgehead atoms. The van der Waals surface area contributed by atoms with E-state index in [9.17, 15) is 0 Å². The minimum absolute atomic E-state index is 0.607. The zero-order valence-electron chi connectivity index (χ0n) is 11.4. The van der Waals surface area contributed by atoms with Gasteiger partial charge in [0.2, 0.25) is 0 Å². The molecule has 0 radical (unpaired) electrons. The van der Waals surface area contributed by atoms with Gasteiger partial charge in [-0.1, -0.05) is 6.07 Å². The maximum absolute atomic E-state index is 4.52. The lowest BCUT2D eigenvalue weighted by Gasteiger charge is -2.10. The molecule has 0 aromatic carbocycles. The summed E-state index contributed by atoms with van der Waals surface area (Å²) < 4.78 is 0. The van der Waals surface area contributed by atoms with Crippen LogP contribution in [0.5, 0.6) is 0 Å². The van der Waals surface area contributed by atoms with Crippen LogP contribution >= 0.6 is 11.8 Å². The van der Waals surface area contributed by atoms with E-state index >= 15 is 0 Å². The first kappa shape index (κ1) is 14.8. The molecular formula is C13H22N4S. The highest BCUT2D eigenvalue weighted by Gasteiger charge is 1.97. The largest absolute Gasteiger partial charge is 0.357 e. The fourth-order valence-electron chi connectivity index (χ4n) is 1.46. The van der Waals surface area contributed by atoms with Gasteiger partial charge in [0.1, 0.15) is 0 Å². The molecule has 0 spiro atoms. The third kappa shape index (κ3) is 5.91. The number of thioether (sulfide) groups is 1. The van der Waals surface area contributed by atoms with Crippen LogP contribution in [0.4, 0.5) is 0 Å². The highest BCUT2D eigenvalue weighted by atomic mass is 32.2. The third-order valence-electron chi connectivity index (χ3n) is 2.29. The number of hydrogen-bond acceptors (Lipinski definition) is 3. The summed E-state index contributed by atoms with van der Waals surface area (Å²) in [5.41, 5.74) is 2.03. The van der Waals surface area contributed by atoms with Crippen LogP contribution in [-0.2, 0) is 6.54 Å². The van der Waals surface area contributed by atoms with E-state index in [1.165, 1.54) is 0 Å². The molecule has 4 nitrogen and oxygen atoms in total. The molecule has 5 heteroatoms. The lowest BCUT2D eigenvalue weighted by atomic mass is 10.3. The highest BCUT2D eigenvalue weighted by Crippen LogP contribution is 1.99. The average Bonchev–Trinajstić information content (AvgIpc) is 2.36. The summed E-state index contributed by atoms with van der Waals surface area (Å²) in [4.78, 5) is 8.95. The van der Waals surface area contributed by atoms with Crippen molar-refractivity contribution in [2.75, 3.05) is 25.1 Å². The van der Waals surface area contributed by atoms with Crippen LogP contribution in [0.2, 0.25) is 0 Å². The molecule has 0 fully saturated rings. The predicted octanol–water partition coefficient (Wildman–Crippen LogP) is 1.81. The molecule has 18 heavy (non-hydrogen) atoms. The molecule has 1 rings (SSSR count). The Morgan fingerprint density at radius 1 is 1.39 bits per heavy atom. The maximum Gasteiger partial charge on any atom is 0.191 e. The Labute approximate surface area is 114 Å². The third-order valence-corrected chi connectivity index (χ3v) is 2.90. The molecule has 0 unspecified atom stereocenters. The van der Waals surface area contributed by atoms with Gasteiger partial charge in [0, 0.05) is 24.5 Å². The molecule has 0 amide bonds. The monoisotopic (exact) mass is 266 g/mol. The molecule has 0 saturated carbocycles. The number of hydrogen-bond donors (Lipinski definition) is 2. The van der Waals surface area contributed by atoms with Crippen molar-refractivity contribution in [2.45, 2.75) is 20.4 Å². The summed E-state index contributed by atoms with van der Waals surface area (Å²) in [7, 11) is 0. The van der Waals surface area contributed by atoms with Crippen molar-refractivity contribution in [1.29, 1.82) is 0 Å². The van der Waals surface area contributed by atoms with Crippen molar-refractivity contribution < 1.29 is 0 Å². The highest BCUT2D eigenvalue weighted by molar-refractivity contribution is 7.98. The SMILES string of the molecule is CCNC(=NCc1cccc(C)n1)NCCSC. The van der Waals surface area contributed by atoms with Crippen molar-refractivity contribution in [3.63, 3.8) is 0 Å². The Balaban J connectivity index is 2.53. The number of pyridine rings is 1. The number of aryl methyl sites for hydroxylation is 1. The van der Waals surface area contributed by atoms with Crippen LogP contribution < -0.4 is 10.6 Å². The van der Waals surface area contributed by atoms with Crippen LogP contribution in [0.15, 0.2) is 23.2 Å². The fraction of sp³-hybridized carbons (Fsp3) is 0.538. The first-order valence-electron chi connectivity index (χ1n) is 6.20. The van der Waals surface area contributed by atoms with E-state index in [1.807, 2.05) is 36.9 Å². The van der Waals surface area contributed by atoms with E-state index in [-0.39, 0.29) is 0 Å². The second-order valence-corrected chi connectivity index (χ2v) is 4.87. The molecule has 1 aromatic rings. The molecule has 100 valence electrons. The number of nitrogens with one attached hydrogen (secondary N) is 2. The minimum atomic E-state index is 0.607. The number of aliphatic imine (C=N–C) groups is 1. The van der Waals surface area contributed by atoms with Crippen molar-refractivity contribution in [3.05, 3.63) is 29.6 Å². The van der Waals surface area contributed by atoms with E-state index in [2.05, 4.69) is 33.8 Å². The molecular weight excluding hydrogens is 244 g/mol. The average molecular weight is 266 g/mol. The summed E-state index contributed by atoms with van der Waals surface area (Å²) in [5.74, 6) is 1.93. The van der Waals surface area contributed by atoms with Crippen LogP contribution in [-0.4, -0.2) is 36.0 Å². The lowest BCUT2D eigenvalue weighted by molar-refractivity contribution is 0.836. The van der Waals surface area contributed by atoms with E-state index in [0.29, 0.717) is 6.54 Å². The summed E-state index contributed by atoms with van der Waals surface area (Å²) >= 11 is 1.82. The molecule has 1 heterocycles. The van der Waals surface area contributed by atoms with Gasteiger partial charge in [0.25, 0.3) is 0 Å². The number of aromatic nitrogens is 1. The van der Waals surface area contributed by atoms with Gasteiger partial charge >= 0.3 is 0 Å². The zero-order chi connectivity index (χ0) is 13.2. The standard InChI is InChI=1S/C13H22N4S/c1-4-14-13(15-8-9-18-3)16-10-12-7-5-6-11(2)17-12/h5-7H,4,8-10H2,1-3H3,(H2,14,15,16). The van der Waals surface area contributed by atoms with Crippen molar-refractivity contribution >= 4 is 17.7 Å². The Bertz CT molecular complexity index is 379. The topological polar surface area (TPSA) is 49.3 Å². The van der Waals surface area contributed by atoms with Gasteiger partial charge in [-0.2, -0.15) is 11.8 Å². The molecule has 0 saturated heterocycles. The van der Waals surface area contributed by atoms with Gasteiger partial charge in [-0.3, -0.25) is 4.98 Å². The number of nitrogens with zero attached hydrogens (tertiary/aromatic N) is 2. The van der Waals surface area contributed by atoms with Crippen molar-refractivity contribution in [2.24, 2.45) is 4.99 Å². The number of rotatable bonds is 6. The Kier molecular flexibility index (Phi) is 7.25. The van der Waals surface area contributed by atoms with Crippen LogP contribution in [0.1, 0.15) is 18.3 Å². The van der Waals surface area contributed by atoms with Crippen LogP contribution in [0.25, 0.3) is 0 Å². The second kappa shape index (κ2) is 8.80. The molecule has 0 atom stereocenters. The van der Waals surface area contributed by atoms with Crippen LogP contribution in [0, 0.1) is 6.92 Å². The van der Waals surface area contributed by atoms with E-state index in [1.54, 1.807) is 0 Å². The first-order valence-corrected chi connectivity index (χ1v) is 7.59. The van der Waals surface area contributed by atoms with Gasteiger partial charge < -0.3 is 10.6 Å². The maximum atomic E-state index is 4.52. The van der Waals surface area contributed by atoms with Crippen molar-refractivity contribution in [1.82, 2.24) is 15.6 Å². The number of guanidine groups is 1. The first-order chi connectivity index (χ1) is 8.76. The zero-order valence-corrected chi connectivity index (χ0v) is 12.2. The quantitative estimate of drug-likeness (QED) is 0.468. The van der Waals surface area contributed by atoms with Crippen molar-refractivity contribution in [3.8, 4) is 0 Å². The Hall–Kier alpha value is -1.23. The summed E-state index contributed by atoms with van der Waals surface area (Å²) in [6.07, 6.45) is 2.10. The Morgan fingerprint density at radius 3 is 2.89 bits per heavy atom. The second-order valence-electron chi connectivity index (χ2n) is 3.89. The summed E-state index contributed by atoms with van der Waals surface area (Å²) in [5, 5.41) is 6.52. The normalized spacial score (nSPS) is 11.4. The fourth-order valence-corrected chi connectivity index (χ4v) is 1.77. The Morgan fingerprint density at radius 2 is 2.22 bits per heavy atom. The molecule has 1 aromatic heterocycles. The van der Waals surface area contributed by atoms with Gasteiger partial charge in [-0.25, -0.2) is 4.99 Å². The van der Waals surface area contributed by atoms with Gasteiger partial charge in [0.15, 0.2) is 5.96 Å². The van der Waals surface area contributed by atoms with Crippen LogP contribution in [0.3, 0.4) is 0 Å². The molecule has 0 aliphatic rings. The molecule has 0 aliphatic heterocycles. The lowest BCUT2D eigenvalue weighted by Crippen LogP contribution is -2.38. The van der Waals surface area contributed by atoms with Gasteiger partial charge in [-0.15, -0.1) is 0 Å². The summed E-state index contributed by atoms with van der Waals surface area (Å²) in [6.45, 7) is 6.46. The minimum Gasteiger partial charge on any atom is -0.357 e. The molecule has 2 N–H and O–H groups in total. The van der Waals surface area contributed by atoms with Gasteiger partial charge in [0.05, 0.1) is 12.2 Å². The predicted molar refractivity (Wildman–Crippen MR) is 80.2 cm³/mol. The molecule has 0 aliphatic carbocycles. The summed E-state index contributed by atoms with van der Waals surface area (Å²) in [6, 6.07) is 6.01. The smallest absolute Gasteiger partial charge is 0.191 e.